The first kappa shape index (κ1) is 17.7. The molecule has 0 amide bonds. The summed E-state index contributed by atoms with van der Waals surface area (Å²) in [7, 11) is 0. The number of rotatable bonds is 9. The van der Waals surface area contributed by atoms with E-state index in [1.165, 1.54) is 0 Å². The molecular weight excluding hydrogens is 308 g/mol. The molecule has 2 atom stereocenters. The molecule has 0 saturated carbocycles. The van der Waals surface area contributed by atoms with Gasteiger partial charge in [0.15, 0.2) is 0 Å². The number of aliphatic carboxylic acids is 2. The maximum Gasteiger partial charge on any atom is 0.322 e. The first-order valence-corrected chi connectivity index (χ1v) is 7.61. The molecule has 126 valence electrons. The lowest BCUT2D eigenvalue weighted by atomic mass is 10.1. The Morgan fingerprint density at radius 3 is 1.33 bits per heavy atom. The number of carboxylic acids is 2. The van der Waals surface area contributed by atoms with Crippen molar-refractivity contribution in [2.45, 2.75) is 24.9 Å². The van der Waals surface area contributed by atoms with Crippen molar-refractivity contribution in [2.24, 2.45) is 0 Å². The van der Waals surface area contributed by atoms with Crippen molar-refractivity contribution in [3.8, 4) is 0 Å². The van der Waals surface area contributed by atoms with E-state index in [1.807, 2.05) is 60.7 Å². The van der Waals surface area contributed by atoms with Gasteiger partial charge in [-0.25, -0.2) is 10.9 Å². The predicted octanol–water partition coefficient (Wildman–Crippen LogP) is 1.47. The zero-order valence-electron chi connectivity index (χ0n) is 13.1. The molecule has 24 heavy (non-hydrogen) atoms. The van der Waals surface area contributed by atoms with Crippen LogP contribution in [-0.2, 0) is 22.4 Å². The lowest BCUT2D eigenvalue weighted by molar-refractivity contribution is -0.143. The molecule has 0 radical (unpaired) electrons. The maximum atomic E-state index is 11.4. The van der Waals surface area contributed by atoms with Gasteiger partial charge in [-0.3, -0.25) is 9.59 Å². The Morgan fingerprint density at radius 1 is 0.708 bits per heavy atom. The van der Waals surface area contributed by atoms with E-state index in [9.17, 15) is 19.8 Å². The van der Waals surface area contributed by atoms with Gasteiger partial charge in [-0.1, -0.05) is 60.7 Å². The van der Waals surface area contributed by atoms with Crippen molar-refractivity contribution in [1.29, 1.82) is 0 Å². The van der Waals surface area contributed by atoms with E-state index in [-0.39, 0.29) is 12.8 Å². The Kier molecular flexibility index (Phi) is 6.48. The van der Waals surface area contributed by atoms with Gasteiger partial charge in [0.1, 0.15) is 12.1 Å². The lowest BCUT2D eigenvalue weighted by Gasteiger charge is -2.20. The van der Waals surface area contributed by atoms with E-state index in [0.29, 0.717) is 0 Å². The van der Waals surface area contributed by atoms with Crippen LogP contribution in [0.15, 0.2) is 60.7 Å². The van der Waals surface area contributed by atoms with Crippen molar-refractivity contribution in [1.82, 2.24) is 10.9 Å². The monoisotopic (exact) mass is 328 g/mol. The van der Waals surface area contributed by atoms with E-state index in [2.05, 4.69) is 10.9 Å². The third-order valence-corrected chi connectivity index (χ3v) is 3.59. The molecule has 6 nitrogen and oxygen atoms in total. The number of hydrogen-bond acceptors (Lipinski definition) is 4. The SMILES string of the molecule is O=C(O)C(Cc1ccccc1)NNC(Cc1ccccc1)C(=O)O. The number of carbonyl (C=O) groups is 2. The summed E-state index contributed by atoms with van der Waals surface area (Å²) in [6, 6.07) is 16.5. The summed E-state index contributed by atoms with van der Waals surface area (Å²) < 4.78 is 0. The Balaban J connectivity index is 1.97. The highest BCUT2D eigenvalue weighted by molar-refractivity contribution is 5.75. The molecule has 2 aromatic rings. The van der Waals surface area contributed by atoms with Gasteiger partial charge in [-0.2, -0.15) is 0 Å². The van der Waals surface area contributed by atoms with E-state index < -0.39 is 24.0 Å². The third-order valence-electron chi connectivity index (χ3n) is 3.59. The van der Waals surface area contributed by atoms with Gasteiger partial charge in [0.05, 0.1) is 0 Å². The van der Waals surface area contributed by atoms with Crippen molar-refractivity contribution in [2.75, 3.05) is 0 Å². The topological polar surface area (TPSA) is 98.7 Å². The Morgan fingerprint density at radius 2 is 1.04 bits per heavy atom. The number of hydrogen-bond donors (Lipinski definition) is 4. The summed E-state index contributed by atoms with van der Waals surface area (Å²) in [6.07, 6.45) is 0.502. The van der Waals surface area contributed by atoms with Crippen molar-refractivity contribution >= 4 is 11.9 Å². The van der Waals surface area contributed by atoms with Crippen LogP contribution in [0, 0.1) is 0 Å². The van der Waals surface area contributed by atoms with E-state index >= 15 is 0 Å². The molecule has 4 N–H and O–H groups in total. The largest absolute Gasteiger partial charge is 0.480 e. The molecule has 0 aliphatic carbocycles. The van der Waals surface area contributed by atoms with Gasteiger partial charge in [0, 0.05) is 0 Å². The smallest absolute Gasteiger partial charge is 0.322 e. The second kappa shape index (κ2) is 8.81. The molecule has 6 heteroatoms. The average molecular weight is 328 g/mol. The zero-order valence-corrected chi connectivity index (χ0v) is 13.1. The molecule has 0 aliphatic rings. The number of nitrogens with one attached hydrogen (secondary N) is 2. The minimum absolute atomic E-state index is 0.251. The minimum Gasteiger partial charge on any atom is -0.480 e. The Labute approximate surface area is 140 Å². The zero-order chi connectivity index (χ0) is 17.4. The highest BCUT2D eigenvalue weighted by Gasteiger charge is 2.22. The van der Waals surface area contributed by atoms with Crippen molar-refractivity contribution < 1.29 is 19.8 Å². The highest BCUT2D eigenvalue weighted by Crippen LogP contribution is 2.05. The molecule has 0 saturated heterocycles. The minimum atomic E-state index is -1.05. The molecule has 0 aliphatic heterocycles. The van der Waals surface area contributed by atoms with E-state index in [4.69, 9.17) is 0 Å². The van der Waals surface area contributed by atoms with Crippen LogP contribution in [0.4, 0.5) is 0 Å². The Hall–Kier alpha value is -2.70. The van der Waals surface area contributed by atoms with Gasteiger partial charge in [0.2, 0.25) is 0 Å². The first-order valence-electron chi connectivity index (χ1n) is 7.61. The van der Waals surface area contributed by atoms with Gasteiger partial charge >= 0.3 is 11.9 Å². The molecule has 0 bridgehead atoms. The van der Waals surface area contributed by atoms with E-state index in [1.54, 1.807) is 0 Å². The van der Waals surface area contributed by atoms with Crippen molar-refractivity contribution in [3.05, 3.63) is 71.8 Å². The highest BCUT2D eigenvalue weighted by atomic mass is 16.4. The number of benzene rings is 2. The quantitative estimate of drug-likeness (QED) is 0.520. The fraction of sp³-hybridized carbons (Fsp3) is 0.222. The third kappa shape index (κ3) is 5.49. The average Bonchev–Trinajstić information content (AvgIpc) is 2.58. The summed E-state index contributed by atoms with van der Waals surface area (Å²) in [4.78, 5) is 22.8. The second-order valence-corrected chi connectivity index (χ2v) is 5.45. The Bertz CT molecular complexity index is 602. The van der Waals surface area contributed by atoms with Crippen LogP contribution in [0.25, 0.3) is 0 Å². The van der Waals surface area contributed by atoms with Crippen molar-refractivity contribution in [3.63, 3.8) is 0 Å². The summed E-state index contributed by atoms with van der Waals surface area (Å²) in [5.41, 5.74) is 6.99. The molecule has 0 heterocycles. The lowest BCUT2D eigenvalue weighted by Crippen LogP contribution is -2.53. The molecule has 2 aromatic carbocycles. The second-order valence-electron chi connectivity index (χ2n) is 5.45. The van der Waals surface area contributed by atoms with Gasteiger partial charge in [-0.15, -0.1) is 0 Å². The van der Waals surface area contributed by atoms with Gasteiger partial charge in [-0.05, 0) is 24.0 Å². The van der Waals surface area contributed by atoms with Crippen LogP contribution in [0.5, 0.6) is 0 Å². The predicted molar refractivity (Wildman–Crippen MR) is 89.4 cm³/mol. The summed E-state index contributed by atoms with van der Waals surface area (Å²) >= 11 is 0. The standard InChI is InChI=1S/C18H20N2O4/c21-17(22)15(11-13-7-3-1-4-8-13)19-20-16(18(23)24)12-14-9-5-2-6-10-14/h1-10,15-16,19-20H,11-12H2,(H,21,22)(H,23,24). The van der Waals surface area contributed by atoms with Crippen LogP contribution in [0.1, 0.15) is 11.1 Å². The summed E-state index contributed by atoms with van der Waals surface area (Å²) in [5.74, 6) is -2.09. The molecular formula is C18H20N2O4. The van der Waals surface area contributed by atoms with Crippen LogP contribution < -0.4 is 10.9 Å². The molecule has 0 aromatic heterocycles. The van der Waals surface area contributed by atoms with Crippen LogP contribution in [0.3, 0.4) is 0 Å². The fourth-order valence-electron chi connectivity index (χ4n) is 2.30. The fourth-order valence-corrected chi connectivity index (χ4v) is 2.30. The first-order chi connectivity index (χ1) is 11.6. The summed E-state index contributed by atoms with van der Waals surface area (Å²) in [5, 5.41) is 18.7. The van der Waals surface area contributed by atoms with Gasteiger partial charge in [0.25, 0.3) is 0 Å². The number of carboxylic acid groups (broad SMARTS) is 2. The molecule has 2 unspecified atom stereocenters. The van der Waals surface area contributed by atoms with Gasteiger partial charge < -0.3 is 10.2 Å². The molecule has 2 rings (SSSR count). The molecule has 0 spiro atoms. The summed E-state index contributed by atoms with van der Waals surface area (Å²) in [6.45, 7) is 0. The van der Waals surface area contributed by atoms with E-state index in [0.717, 1.165) is 11.1 Å². The van der Waals surface area contributed by atoms with Crippen LogP contribution >= 0.6 is 0 Å². The normalized spacial score (nSPS) is 13.2. The maximum absolute atomic E-state index is 11.4. The van der Waals surface area contributed by atoms with Crippen LogP contribution in [-0.4, -0.2) is 34.2 Å². The molecule has 0 fully saturated rings. The number of hydrazine groups is 1. The van der Waals surface area contributed by atoms with Crippen LogP contribution in [0.2, 0.25) is 0 Å².